The van der Waals surface area contributed by atoms with E-state index in [1.165, 1.54) is 12.1 Å². The van der Waals surface area contributed by atoms with Crippen molar-refractivity contribution in [2.75, 3.05) is 18.5 Å². The fourth-order valence-corrected chi connectivity index (χ4v) is 1.75. The van der Waals surface area contributed by atoms with E-state index in [4.69, 9.17) is 5.11 Å². The zero-order valence-electron chi connectivity index (χ0n) is 10.9. The summed E-state index contributed by atoms with van der Waals surface area (Å²) in [6.07, 6.45) is 2.36. The van der Waals surface area contributed by atoms with Gasteiger partial charge in [-0.1, -0.05) is 19.9 Å². The molecule has 0 unspecified atom stereocenters. The van der Waals surface area contributed by atoms with Crippen molar-refractivity contribution in [2.24, 2.45) is 5.92 Å². The van der Waals surface area contributed by atoms with Gasteiger partial charge in [-0.3, -0.25) is 0 Å². The molecule has 0 aromatic heterocycles. The molecular formula is C14H18FNO2. The number of rotatable bonds is 5. The normalized spacial score (nSPS) is 11.2. The minimum Gasteiger partial charge on any atom is -0.478 e. The first-order valence-electron chi connectivity index (χ1n) is 5.82. The number of carbonyl (C=O) groups is 1. The van der Waals surface area contributed by atoms with Crippen molar-refractivity contribution in [1.29, 1.82) is 0 Å². The molecule has 98 valence electrons. The Bertz CT molecular complexity index is 455. The molecular weight excluding hydrogens is 233 g/mol. The van der Waals surface area contributed by atoms with E-state index in [-0.39, 0.29) is 5.82 Å². The topological polar surface area (TPSA) is 40.5 Å². The second kappa shape index (κ2) is 6.19. The summed E-state index contributed by atoms with van der Waals surface area (Å²) in [5.74, 6) is -0.942. The van der Waals surface area contributed by atoms with Gasteiger partial charge in [-0.25, -0.2) is 9.18 Å². The Morgan fingerprint density at radius 1 is 1.50 bits per heavy atom. The first kappa shape index (κ1) is 14.2. The summed E-state index contributed by atoms with van der Waals surface area (Å²) in [7, 11) is 1.84. The van der Waals surface area contributed by atoms with Crippen LogP contribution in [0.4, 0.5) is 10.1 Å². The molecule has 0 spiro atoms. The van der Waals surface area contributed by atoms with Crippen LogP contribution in [0.25, 0.3) is 6.08 Å². The molecule has 0 radical (unpaired) electrons. The average Bonchev–Trinajstić information content (AvgIpc) is 2.25. The predicted octanol–water partition coefficient (Wildman–Crippen LogP) is 3.02. The highest BCUT2D eigenvalue weighted by Gasteiger charge is 2.09. The minimum atomic E-state index is -1.04. The molecule has 1 rings (SSSR count). The Hall–Kier alpha value is -1.84. The first-order valence-corrected chi connectivity index (χ1v) is 5.82. The second-order valence-corrected chi connectivity index (χ2v) is 4.66. The van der Waals surface area contributed by atoms with E-state index in [2.05, 4.69) is 13.8 Å². The number of hydrogen-bond donors (Lipinski definition) is 1. The molecule has 4 heteroatoms. The maximum atomic E-state index is 13.9. The van der Waals surface area contributed by atoms with Gasteiger partial charge in [-0.2, -0.15) is 0 Å². The first-order chi connectivity index (χ1) is 8.40. The Balaban J connectivity index is 2.89. The Morgan fingerprint density at radius 3 is 2.67 bits per heavy atom. The molecule has 1 aromatic carbocycles. The highest BCUT2D eigenvalue weighted by molar-refractivity contribution is 5.85. The number of aliphatic carboxylic acids is 1. The zero-order chi connectivity index (χ0) is 13.7. The summed E-state index contributed by atoms with van der Waals surface area (Å²) in [5.41, 5.74) is 1.06. The molecule has 1 aromatic rings. The van der Waals surface area contributed by atoms with Gasteiger partial charge in [0.25, 0.3) is 0 Å². The lowest BCUT2D eigenvalue weighted by Gasteiger charge is -2.22. The van der Waals surface area contributed by atoms with Crippen LogP contribution in [0, 0.1) is 11.7 Å². The van der Waals surface area contributed by atoms with Crippen LogP contribution in [0.2, 0.25) is 0 Å². The number of hydrogen-bond acceptors (Lipinski definition) is 2. The molecule has 18 heavy (non-hydrogen) atoms. The third-order valence-electron chi connectivity index (χ3n) is 2.44. The lowest BCUT2D eigenvalue weighted by atomic mass is 10.1. The van der Waals surface area contributed by atoms with Gasteiger partial charge in [0.2, 0.25) is 0 Å². The van der Waals surface area contributed by atoms with Gasteiger partial charge < -0.3 is 10.0 Å². The predicted molar refractivity (Wildman–Crippen MR) is 71.2 cm³/mol. The van der Waals surface area contributed by atoms with Gasteiger partial charge in [0.15, 0.2) is 0 Å². The van der Waals surface area contributed by atoms with E-state index in [1.54, 1.807) is 12.1 Å². The van der Waals surface area contributed by atoms with Crippen LogP contribution in [-0.2, 0) is 4.79 Å². The number of anilines is 1. The lowest BCUT2D eigenvalue weighted by Crippen LogP contribution is -2.23. The smallest absolute Gasteiger partial charge is 0.328 e. The van der Waals surface area contributed by atoms with Gasteiger partial charge in [-0.05, 0) is 29.7 Å². The SMILES string of the molecule is CC(C)CN(C)c1ccc(/C=C/C(=O)O)cc1F. The summed E-state index contributed by atoms with van der Waals surface area (Å²) >= 11 is 0. The van der Waals surface area contributed by atoms with Crippen molar-refractivity contribution < 1.29 is 14.3 Å². The summed E-state index contributed by atoms with van der Waals surface area (Å²) in [5, 5.41) is 8.50. The van der Waals surface area contributed by atoms with Crippen molar-refractivity contribution >= 4 is 17.7 Å². The molecule has 0 amide bonds. The summed E-state index contributed by atoms with van der Waals surface area (Å²) in [6.45, 7) is 4.90. The molecule has 0 aliphatic heterocycles. The monoisotopic (exact) mass is 251 g/mol. The highest BCUT2D eigenvalue weighted by Crippen LogP contribution is 2.20. The van der Waals surface area contributed by atoms with Crippen LogP contribution in [-0.4, -0.2) is 24.7 Å². The third-order valence-corrected chi connectivity index (χ3v) is 2.44. The van der Waals surface area contributed by atoms with Crippen molar-refractivity contribution in [2.45, 2.75) is 13.8 Å². The summed E-state index contributed by atoms with van der Waals surface area (Å²) in [4.78, 5) is 12.2. The van der Waals surface area contributed by atoms with Gasteiger partial charge >= 0.3 is 5.97 Å². The molecule has 0 heterocycles. The number of halogens is 1. The third kappa shape index (κ3) is 4.20. The van der Waals surface area contributed by atoms with E-state index in [1.807, 2.05) is 11.9 Å². The Kier molecular flexibility index (Phi) is 4.89. The van der Waals surface area contributed by atoms with Gasteiger partial charge in [0, 0.05) is 19.7 Å². The standard InChI is InChI=1S/C14H18FNO2/c1-10(2)9-16(3)13-6-4-11(8-12(13)15)5-7-14(17)18/h4-8,10H,9H2,1-3H3,(H,17,18)/b7-5+. The Labute approximate surface area is 107 Å². The number of carboxylic acids is 1. The van der Waals surface area contributed by atoms with Crippen LogP contribution < -0.4 is 4.90 Å². The van der Waals surface area contributed by atoms with Crippen molar-refractivity contribution in [1.82, 2.24) is 0 Å². The molecule has 0 aliphatic rings. The van der Waals surface area contributed by atoms with E-state index in [0.717, 1.165) is 12.6 Å². The van der Waals surface area contributed by atoms with Crippen LogP contribution in [0.3, 0.4) is 0 Å². The second-order valence-electron chi connectivity index (χ2n) is 4.66. The van der Waals surface area contributed by atoms with E-state index < -0.39 is 5.97 Å². The van der Waals surface area contributed by atoms with E-state index in [0.29, 0.717) is 17.2 Å². The quantitative estimate of drug-likeness (QED) is 0.818. The maximum Gasteiger partial charge on any atom is 0.328 e. The highest BCUT2D eigenvalue weighted by atomic mass is 19.1. The van der Waals surface area contributed by atoms with Crippen molar-refractivity contribution in [3.63, 3.8) is 0 Å². The molecule has 0 saturated carbocycles. The zero-order valence-corrected chi connectivity index (χ0v) is 10.9. The van der Waals surface area contributed by atoms with Crippen LogP contribution in [0.5, 0.6) is 0 Å². The summed E-state index contributed by atoms with van der Waals surface area (Å²) < 4.78 is 13.9. The van der Waals surface area contributed by atoms with Crippen LogP contribution in [0.1, 0.15) is 19.4 Å². The fourth-order valence-electron chi connectivity index (χ4n) is 1.75. The van der Waals surface area contributed by atoms with Gasteiger partial charge in [-0.15, -0.1) is 0 Å². The molecule has 0 fully saturated rings. The van der Waals surface area contributed by atoms with Crippen molar-refractivity contribution in [3.05, 3.63) is 35.7 Å². The maximum absolute atomic E-state index is 13.9. The molecule has 0 bridgehead atoms. The van der Waals surface area contributed by atoms with Crippen molar-refractivity contribution in [3.8, 4) is 0 Å². The minimum absolute atomic E-state index is 0.342. The molecule has 0 aliphatic carbocycles. The van der Waals surface area contributed by atoms with E-state index in [9.17, 15) is 9.18 Å². The van der Waals surface area contributed by atoms with Gasteiger partial charge in [0.1, 0.15) is 5.82 Å². The lowest BCUT2D eigenvalue weighted by molar-refractivity contribution is -0.131. The van der Waals surface area contributed by atoms with E-state index >= 15 is 0 Å². The largest absolute Gasteiger partial charge is 0.478 e. The fraction of sp³-hybridized carbons (Fsp3) is 0.357. The Morgan fingerprint density at radius 2 is 2.17 bits per heavy atom. The van der Waals surface area contributed by atoms with Crippen LogP contribution in [0.15, 0.2) is 24.3 Å². The molecule has 0 atom stereocenters. The number of benzene rings is 1. The molecule has 0 saturated heterocycles. The molecule has 1 N–H and O–H groups in total. The molecule has 3 nitrogen and oxygen atoms in total. The average molecular weight is 251 g/mol. The number of carboxylic acid groups (broad SMARTS) is 1. The number of nitrogens with zero attached hydrogens (tertiary/aromatic N) is 1. The summed E-state index contributed by atoms with van der Waals surface area (Å²) in [6, 6.07) is 4.71. The van der Waals surface area contributed by atoms with Crippen LogP contribution >= 0.6 is 0 Å². The van der Waals surface area contributed by atoms with Gasteiger partial charge in [0.05, 0.1) is 5.69 Å².